The molecule has 10 heavy (non-hydrogen) atoms. The zero-order valence-electron chi connectivity index (χ0n) is 6.55. The van der Waals surface area contributed by atoms with Crippen LogP contribution in [0, 0.1) is 0 Å². The van der Waals surface area contributed by atoms with Gasteiger partial charge in [0, 0.05) is 0 Å². The molecular formula is C6H15O3P. The molecule has 0 bridgehead atoms. The predicted octanol–water partition coefficient (Wildman–Crippen LogP) is -0.442. The average molecular weight is 166 g/mol. The molecule has 62 valence electrons. The number of methoxy groups -OCH3 is 1. The SMILES string of the molecule is COCCOCC(=O)C[PH4]. The fourth-order valence-corrected chi connectivity index (χ4v) is 0.634. The van der Waals surface area contributed by atoms with Gasteiger partial charge in [0.1, 0.15) is 0 Å². The molecule has 0 aliphatic carbocycles. The Morgan fingerprint density at radius 1 is 1.50 bits per heavy atom. The van der Waals surface area contributed by atoms with E-state index in [1.807, 2.05) is 0 Å². The Labute approximate surface area is 63.3 Å². The van der Waals surface area contributed by atoms with Crippen molar-refractivity contribution in [3.8, 4) is 0 Å². The van der Waals surface area contributed by atoms with E-state index in [0.29, 0.717) is 19.4 Å². The molecule has 0 aromatic heterocycles. The van der Waals surface area contributed by atoms with Gasteiger partial charge in [-0.3, -0.25) is 0 Å². The Morgan fingerprint density at radius 3 is 2.70 bits per heavy atom. The summed E-state index contributed by atoms with van der Waals surface area (Å²) in [5.41, 5.74) is 0. The summed E-state index contributed by atoms with van der Waals surface area (Å²) in [6.45, 7) is 1.34. The first-order valence-corrected chi connectivity index (χ1v) is 4.81. The second-order valence-electron chi connectivity index (χ2n) is 1.94. The molecule has 0 saturated carbocycles. The van der Waals surface area contributed by atoms with Gasteiger partial charge >= 0.3 is 62.4 Å². The van der Waals surface area contributed by atoms with Crippen LogP contribution in [0.25, 0.3) is 0 Å². The van der Waals surface area contributed by atoms with E-state index in [-0.39, 0.29) is 12.4 Å². The van der Waals surface area contributed by atoms with Crippen molar-refractivity contribution in [2.45, 2.75) is 0 Å². The van der Waals surface area contributed by atoms with Crippen molar-refractivity contribution in [1.29, 1.82) is 0 Å². The summed E-state index contributed by atoms with van der Waals surface area (Å²) in [6, 6.07) is 0. The maximum atomic E-state index is 10.6. The summed E-state index contributed by atoms with van der Waals surface area (Å²) in [7, 11) is 2.54. The second kappa shape index (κ2) is 7.13. The summed E-state index contributed by atoms with van der Waals surface area (Å²) in [5, 5.41) is 0. The molecule has 0 aliphatic heterocycles. The number of Topliss-reactive ketones (excluding diaryl/α,β-unsaturated/α-hetero) is 1. The molecule has 4 heteroatoms. The van der Waals surface area contributed by atoms with Crippen LogP contribution in [0.3, 0.4) is 0 Å². The van der Waals surface area contributed by atoms with Gasteiger partial charge in [-0.2, -0.15) is 0 Å². The maximum absolute atomic E-state index is 10.6. The fourth-order valence-electron chi connectivity index (χ4n) is 0.430. The third kappa shape index (κ3) is 6.14. The third-order valence-electron chi connectivity index (χ3n) is 1.09. The van der Waals surface area contributed by atoms with Gasteiger partial charge in [0.2, 0.25) is 0 Å². The molecule has 0 amide bonds. The molecule has 0 rings (SSSR count). The van der Waals surface area contributed by atoms with Crippen LogP contribution >= 0.6 is 9.24 Å². The Kier molecular flexibility index (Phi) is 7.15. The zero-order chi connectivity index (χ0) is 7.82. The van der Waals surface area contributed by atoms with E-state index >= 15 is 0 Å². The summed E-state index contributed by atoms with van der Waals surface area (Å²) >= 11 is 0. The van der Waals surface area contributed by atoms with Crippen LogP contribution in [0.4, 0.5) is 0 Å². The minimum atomic E-state index is 0.197. The summed E-state index contributed by atoms with van der Waals surface area (Å²) in [6.07, 6.45) is 0.687. The van der Waals surface area contributed by atoms with Crippen LogP contribution in [0.5, 0.6) is 0 Å². The first-order valence-electron chi connectivity index (χ1n) is 3.39. The fraction of sp³-hybridized carbons (Fsp3) is 0.833. The van der Waals surface area contributed by atoms with E-state index in [0.717, 1.165) is 9.24 Å². The molecule has 0 unspecified atom stereocenters. The van der Waals surface area contributed by atoms with E-state index in [1.165, 1.54) is 0 Å². The molecule has 3 nitrogen and oxygen atoms in total. The van der Waals surface area contributed by atoms with Crippen LogP contribution in [0.15, 0.2) is 0 Å². The molecule has 0 N–H and O–H groups in total. The zero-order valence-corrected chi connectivity index (χ0v) is 8.55. The van der Waals surface area contributed by atoms with Crippen LogP contribution < -0.4 is 0 Å². The minimum absolute atomic E-state index is 0.197. The van der Waals surface area contributed by atoms with Crippen LogP contribution in [-0.4, -0.2) is 38.9 Å². The molecule has 0 spiro atoms. The molecule has 0 saturated heterocycles. The number of carbonyl (C=O) groups is 1. The van der Waals surface area contributed by atoms with Gasteiger partial charge in [0.25, 0.3) is 0 Å². The first kappa shape index (κ1) is 10.0. The van der Waals surface area contributed by atoms with Gasteiger partial charge < -0.3 is 0 Å². The molecule has 0 aliphatic rings. The molecule has 0 radical (unpaired) electrons. The van der Waals surface area contributed by atoms with Gasteiger partial charge in [-0.25, -0.2) is 0 Å². The molecule has 0 heterocycles. The molecule has 0 atom stereocenters. The van der Waals surface area contributed by atoms with Gasteiger partial charge in [0.15, 0.2) is 0 Å². The molecule has 0 aromatic carbocycles. The number of ketones is 1. The number of carbonyl (C=O) groups excluding carboxylic acids is 1. The quantitative estimate of drug-likeness (QED) is 0.396. The van der Waals surface area contributed by atoms with Crippen molar-refractivity contribution >= 4 is 15.0 Å². The van der Waals surface area contributed by atoms with Crippen molar-refractivity contribution in [2.75, 3.05) is 33.1 Å². The number of hydrogen-bond acceptors (Lipinski definition) is 3. The number of rotatable bonds is 6. The topological polar surface area (TPSA) is 35.5 Å². The van der Waals surface area contributed by atoms with E-state index in [1.54, 1.807) is 7.11 Å². The van der Waals surface area contributed by atoms with E-state index in [2.05, 4.69) is 0 Å². The van der Waals surface area contributed by atoms with Crippen molar-refractivity contribution in [3.05, 3.63) is 0 Å². The van der Waals surface area contributed by atoms with E-state index < -0.39 is 0 Å². The molecule has 0 aromatic rings. The van der Waals surface area contributed by atoms with E-state index in [9.17, 15) is 4.79 Å². The monoisotopic (exact) mass is 166 g/mol. The predicted molar refractivity (Wildman–Crippen MR) is 45.1 cm³/mol. The molecule has 0 fully saturated rings. The van der Waals surface area contributed by atoms with Crippen molar-refractivity contribution in [1.82, 2.24) is 0 Å². The van der Waals surface area contributed by atoms with Crippen molar-refractivity contribution in [2.24, 2.45) is 0 Å². The second-order valence-corrected chi connectivity index (χ2v) is 2.64. The van der Waals surface area contributed by atoms with Crippen LogP contribution in [0.1, 0.15) is 0 Å². The summed E-state index contributed by atoms with van der Waals surface area (Å²) in [5.74, 6) is 0.197. The summed E-state index contributed by atoms with van der Waals surface area (Å²) < 4.78 is 9.70. The Bertz CT molecular complexity index is 95.0. The van der Waals surface area contributed by atoms with Crippen molar-refractivity contribution in [3.63, 3.8) is 0 Å². The van der Waals surface area contributed by atoms with Crippen LogP contribution in [-0.2, 0) is 14.3 Å². The summed E-state index contributed by atoms with van der Waals surface area (Å²) in [4.78, 5) is 10.6. The number of ether oxygens (including phenoxy) is 2. The van der Waals surface area contributed by atoms with Gasteiger partial charge in [-0.1, -0.05) is 0 Å². The van der Waals surface area contributed by atoms with Crippen molar-refractivity contribution < 1.29 is 14.3 Å². The van der Waals surface area contributed by atoms with Crippen LogP contribution in [0.2, 0.25) is 0 Å². The Hall–Kier alpha value is 0.0200. The average Bonchev–Trinajstić information content (AvgIpc) is 1.98. The van der Waals surface area contributed by atoms with Gasteiger partial charge in [0.05, 0.1) is 0 Å². The van der Waals surface area contributed by atoms with Gasteiger partial charge in [-0.15, -0.1) is 0 Å². The van der Waals surface area contributed by atoms with Gasteiger partial charge in [-0.05, 0) is 0 Å². The normalized spacial score (nSPS) is 9.90. The third-order valence-corrected chi connectivity index (χ3v) is 1.88. The number of hydrogen-bond donors (Lipinski definition) is 0. The Balaban J connectivity index is 2.96. The van der Waals surface area contributed by atoms with E-state index in [4.69, 9.17) is 9.47 Å². The first-order chi connectivity index (χ1) is 4.81. The molecular weight excluding hydrogens is 151 g/mol. The standard InChI is InChI=1S/C6H15O3P/c1-8-2-3-9-4-6(7)5-10/h2-5H2,1H3,10H4. The Morgan fingerprint density at radius 2 is 2.20 bits per heavy atom.